The summed E-state index contributed by atoms with van der Waals surface area (Å²) < 4.78 is 32.9. The van der Waals surface area contributed by atoms with Gasteiger partial charge in [-0.05, 0) is 55.5 Å². The second-order valence-corrected chi connectivity index (χ2v) is 11.1. The van der Waals surface area contributed by atoms with Gasteiger partial charge in [0.15, 0.2) is 0 Å². The molecule has 0 bridgehead atoms. The zero-order valence-electron chi connectivity index (χ0n) is 18.4. The van der Waals surface area contributed by atoms with E-state index in [4.69, 9.17) is 16.3 Å². The molecule has 1 aliphatic rings. The van der Waals surface area contributed by atoms with Gasteiger partial charge in [0, 0.05) is 4.88 Å². The van der Waals surface area contributed by atoms with Crippen molar-refractivity contribution in [1.82, 2.24) is 0 Å². The van der Waals surface area contributed by atoms with E-state index >= 15 is 0 Å². The highest BCUT2D eigenvalue weighted by molar-refractivity contribution is 7.92. The number of para-hydroxylation sites is 1. The molecule has 0 radical (unpaired) electrons. The number of ether oxygens (including phenoxy) is 1. The Bertz CT molecular complexity index is 1320. The number of hydrogen-bond acceptors (Lipinski definition) is 6. The summed E-state index contributed by atoms with van der Waals surface area (Å²) in [4.78, 5) is 26.7. The molecule has 0 unspecified atom stereocenters. The number of nitrogens with one attached hydrogen (secondary N) is 1. The highest BCUT2D eigenvalue weighted by Crippen LogP contribution is 2.39. The van der Waals surface area contributed by atoms with Gasteiger partial charge in [-0.15, -0.1) is 11.3 Å². The number of fused-ring (bicyclic) bond motifs is 1. The average molecular weight is 519 g/mol. The van der Waals surface area contributed by atoms with Crippen LogP contribution >= 0.6 is 22.9 Å². The van der Waals surface area contributed by atoms with E-state index < -0.39 is 28.4 Å². The number of benzene rings is 2. The predicted octanol–water partition coefficient (Wildman–Crippen LogP) is 4.90. The Morgan fingerprint density at radius 3 is 2.44 bits per heavy atom. The van der Waals surface area contributed by atoms with Gasteiger partial charge in [0.2, 0.25) is 5.91 Å². The van der Waals surface area contributed by atoms with Gasteiger partial charge in [0.05, 0.1) is 28.3 Å². The van der Waals surface area contributed by atoms with Crippen LogP contribution in [0.2, 0.25) is 5.02 Å². The molecular formula is C24H23ClN2O5S2. The zero-order chi connectivity index (χ0) is 24.3. The van der Waals surface area contributed by atoms with Crippen molar-refractivity contribution in [3.05, 3.63) is 75.6 Å². The maximum Gasteiger partial charge on any atom is 0.341 e. The number of rotatable bonds is 7. The van der Waals surface area contributed by atoms with E-state index in [1.165, 1.54) is 30.6 Å². The zero-order valence-corrected chi connectivity index (χ0v) is 20.8. The van der Waals surface area contributed by atoms with Gasteiger partial charge in [-0.3, -0.25) is 9.10 Å². The van der Waals surface area contributed by atoms with Gasteiger partial charge in [-0.1, -0.05) is 41.9 Å². The Kier molecular flexibility index (Phi) is 7.25. The Morgan fingerprint density at radius 2 is 1.74 bits per heavy atom. The Balaban J connectivity index is 1.68. The fourth-order valence-corrected chi connectivity index (χ4v) is 6.98. The highest BCUT2D eigenvalue weighted by Gasteiger charge is 2.31. The second kappa shape index (κ2) is 10.2. The van der Waals surface area contributed by atoms with Crippen molar-refractivity contribution in [1.29, 1.82) is 0 Å². The molecule has 1 amide bonds. The molecule has 178 valence electrons. The first-order chi connectivity index (χ1) is 16.3. The standard InChI is InChI=1S/C24H23ClN2O5S2/c1-32-24(29)22-17-11-5-8-14-20(17)33-23(22)26-21(28)15-27(19-13-7-6-12-18(19)25)34(30,31)16-9-3-2-4-10-16/h2-4,6-7,9-10,12-13H,5,8,11,14-15H2,1H3,(H,26,28). The molecule has 2 aromatic carbocycles. The third kappa shape index (κ3) is 4.82. The van der Waals surface area contributed by atoms with E-state index in [1.807, 2.05) is 0 Å². The van der Waals surface area contributed by atoms with Crippen molar-refractivity contribution in [2.24, 2.45) is 0 Å². The Morgan fingerprint density at radius 1 is 1.06 bits per heavy atom. The number of sulfonamides is 1. The number of carbonyl (C=O) groups excluding carboxylic acids is 2. The second-order valence-electron chi connectivity index (χ2n) is 7.73. The van der Waals surface area contributed by atoms with Crippen LogP contribution in [-0.4, -0.2) is 33.9 Å². The summed E-state index contributed by atoms with van der Waals surface area (Å²) in [6.07, 6.45) is 3.53. The fourth-order valence-electron chi connectivity index (χ4n) is 3.94. The quantitative estimate of drug-likeness (QED) is 0.449. The molecule has 7 nitrogen and oxygen atoms in total. The molecule has 10 heteroatoms. The molecule has 0 spiro atoms. The van der Waals surface area contributed by atoms with Crippen LogP contribution < -0.4 is 9.62 Å². The van der Waals surface area contributed by atoms with Crippen molar-refractivity contribution < 1.29 is 22.7 Å². The largest absolute Gasteiger partial charge is 0.465 e. The number of amides is 1. The summed E-state index contributed by atoms with van der Waals surface area (Å²) in [5.41, 5.74) is 1.44. The number of esters is 1. The van der Waals surface area contributed by atoms with Gasteiger partial charge in [-0.25, -0.2) is 13.2 Å². The number of anilines is 2. The van der Waals surface area contributed by atoms with Crippen molar-refractivity contribution in [2.75, 3.05) is 23.3 Å². The summed E-state index contributed by atoms with van der Waals surface area (Å²) in [6.45, 7) is -0.524. The Hall–Kier alpha value is -2.88. The summed E-state index contributed by atoms with van der Waals surface area (Å²) in [5, 5.41) is 3.32. The van der Waals surface area contributed by atoms with Gasteiger partial charge >= 0.3 is 5.97 Å². The first-order valence-corrected chi connectivity index (χ1v) is 13.3. The maximum absolute atomic E-state index is 13.5. The molecule has 1 aromatic heterocycles. The summed E-state index contributed by atoms with van der Waals surface area (Å²) in [6, 6.07) is 14.3. The Labute approximate surface area is 207 Å². The summed E-state index contributed by atoms with van der Waals surface area (Å²) >= 11 is 7.65. The predicted molar refractivity (Wildman–Crippen MR) is 133 cm³/mol. The monoisotopic (exact) mass is 518 g/mol. The van der Waals surface area contributed by atoms with Crippen molar-refractivity contribution in [3.63, 3.8) is 0 Å². The van der Waals surface area contributed by atoms with Crippen LogP contribution in [0.1, 0.15) is 33.6 Å². The van der Waals surface area contributed by atoms with Crippen LogP contribution in [0.25, 0.3) is 0 Å². The highest BCUT2D eigenvalue weighted by atomic mass is 35.5. The summed E-state index contributed by atoms with van der Waals surface area (Å²) in [5.74, 6) is -1.11. The van der Waals surface area contributed by atoms with E-state index in [-0.39, 0.29) is 15.6 Å². The number of aryl methyl sites for hydroxylation is 1. The van der Waals surface area contributed by atoms with Crippen LogP contribution in [-0.2, 0) is 32.4 Å². The molecule has 0 aliphatic heterocycles. The van der Waals surface area contributed by atoms with Gasteiger partial charge < -0.3 is 10.1 Å². The molecule has 0 fully saturated rings. The van der Waals surface area contributed by atoms with Gasteiger partial charge in [0.25, 0.3) is 10.0 Å². The fraction of sp³-hybridized carbons (Fsp3) is 0.250. The lowest BCUT2D eigenvalue weighted by atomic mass is 9.95. The number of thiophene rings is 1. The lowest BCUT2D eigenvalue weighted by molar-refractivity contribution is -0.114. The molecule has 1 heterocycles. The van der Waals surface area contributed by atoms with Crippen molar-refractivity contribution >= 4 is 55.5 Å². The molecule has 0 saturated carbocycles. The van der Waals surface area contributed by atoms with Crippen LogP contribution in [0, 0.1) is 0 Å². The molecule has 0 saturated heterocycles. The number of halogens is 1. The molecule has 1 aliphatic carbocycles. The minimum absolute atomic E-state index is 0.0320. The number of carbonyl (C=O) groups is 2. The maximum atomic E-state index is 13.5. The molecule has 3 aromatic rings. The molecule has 4 rings (SSSR count). The van der Waals surface area contributed by atoms with Crippen LogP contribution in [0.15, 0.2) is 59.5 Å². The molecular weight excluding hydrogens is 496 g/mol. The topological polar surface area (TPSA) is 92.8 Å². The molecule has 1 N–H and O–H groups in total. The van der Waals surface area contributed by atoms with E-state index in [1.54, 1.807) is 42.5 Å². The third-order valence-corrected chi connectivity index (χ3v) is 8.85. The van der Waals surface area contributed by atoms with E-state index in [9.17, 15) is 18.0 Å². The van der Waals surface area contributed by atoms with E-state index in [0.29, 0.717) is 10.6 Å². The number of nitrogens with zero attached hydrogens (tertiary/aromatic N) is 1. The van der Waals surface area contributed by atoms with Crippen LogP contribution in [0.4, 0.5) is 10.7 Å². The van der Waals surface area contributed by atoms with Crippen LogP contribution in [0.5, 0.6) is 0 Å². The van der Waals surface area contributed by atoms with E-state index in [2.05, 4.69) is 5.32 Å². The average Bonchev–Trinajstić information content (AvgIpc) is 3.20. The molecule has 0 atom stereocenters. The van der Waals surface area contributed by atoms with Gasteiger partial charge in [-0.2, -0.15) is 0 Å². The minimum Gasteiger partial charge on any atom is -0.465 e. The normalized spacial score (nSPS) is 13.1. The summed E-state index contributed by atoms with van der Waals surface area (Å²) in [7, 11) is -2.80. The first kappa shape index (κ1) is 24.3. The lowest BCUT2D eigenvalue weighted by Gasteiger charge is -2.25. The smallest absolute Gasteiger partial charge is 0.341 e. The number of methoxy groups -OCH3 is 1. The number of hydrogen-bond donors (Lipinski definition) is 1. The van der Waals surface area contributed by atoms with Crippen molar-refractivity contribution in [3.8, 4) is 0 Å². The molecule has 34 heavy (non-hydrogen) atoms. The first-order valence-electron chi connectivity index (χ1n) is 10.7. The SMILES string of the molecule is COC(=O)c1c(NC(=O)CN(c2ccccc2Cl)S(=O)(=O)c2ccccc2)sc2c1CCCC2. The van der Waals surface area contributed by atoms with Gasteiger partial charge in [0.1, 0.15) is 11.5 Å². The van der Waals surface area contributed by atoms with Crippen molar-refractivity contribution in [2.45, 2.75) is 30.6 Å². The van der Waals surface area contributed by atoms with Crippen LogP contribution in [0.3, 0.4) is 0 Å². The van der Waals surface area contributed by atoms with E-state index in [0.717, 1.165) is 40.4 Å². The lowest BCUT2D eigenvalue weighted by Crippen LogP contribution is -2.38. The minimum atomic E-state index is -4.10. The third-order valence-electron chi connectivity index (χ3n) is 5.55.